The van der Waals surface area contributed by atoms with Gasteiger partial charge >= 0.3 is 0 Å². The SMILES string of the molecule is CCC(C)NCc1sc(C(CC)CC)nc1COC. The molecule has 0 aliphatic rings. The van der Waals surface area contributed by atoms with Crippen LogP contribution in [0.2, 0.25) is 0 Å². The van der Waals surface area contributed by atoms with Crippen LogP contribution in [-0.4, -0.2) is 18.1 Å². The maximum Gasteiger partial charge on any atom is 0.0963 e. The third kappa shape index (κ3) is 4.86. The van der Waals surface area contributed by atoms with Gasteiger partial charge in [0.15, 0.2) is 0 Å². The average molecular weight is 284 g/mol. The Balaban J connectivity index is 2.81. The van der Waals surface area contributed by atoms with Crippen molar-refractivity contribution in [3.8, 4) is 0 Å². The molecule has 0 aromatic carbocycles. The van der Waals surface area contributed by atoms with Gasteiger partial charge in [-0.25, -0.2) is 4.98 Å². The molecular weight excluding hydrogens is 256 g/mol. The van der Waals surface area contributed by atoms with Crippen LogP contribution in [0, 0.1) is 0 Å². The fourth-order valence-electron chi connectivity index (χ4n) is 2.01. The predicted octanol–water partition coefficient (Wildman–Crippen LogP) is 4.08. The summed E-state index contributed by atoms with van der Waals surface area (Å²) in [4.78, 5) is 6.14. The summed E-state index contributed by atoms with van der Waals surface area (Å²) in [6.07, 6.45) is 3.47. The molecule has 0 aliphatic heterocycles. The minimum atomic E-state index is 0.550. The van der Waals surface area contributed by atoms with E-state index in [4.69, 9.17) is 9.72 Å². The Morgan fingerprint density at radius 3 is 2.42 bits per heavy atom. The van der Waals surface area contributed by atoms with Gasteiger partial charge in [0, 0.05) is 30.5 Å². The van der Waals surface area contributed by atoms with Gasteiger partial charge in [0.25, 0.3) is 0 Å². The van der Waals surface area contributed by atoms with E-state index in [0.717, 1.165) is 31.5 Å². The first kappa shape index (κ1) is 16.6. The fraction of sp³-hybridized carbons (Fsp3) is 0.800. The van der Waals surface area contributed by atoms with E-state index in [1.54, 1.807) is 7.11 Å². The van der Waals surface area contributed by atoms with Crippen molar-refractivity contribution >= 4 is 11.3 Å². The lowest BCUT2D eigenvalue weighted by atomic mass is 10.1. The summed E-state index contributed by atoms with van der Waals surface area (Å²) in [6, 6.07) is 0.550. The van der Waals surface area contributed by atoms with E-state index in [1.807, 2.05) is 11.3 Å². The third-order valence-electron chi connectivity index (χ3n) is 3.63. The molecule has 4 heteroatoms. The number of aromatic nitrogens is 1. The Bertz CT molecular complexity index is 361. The second kappa shape index (κ2) is 8.67. The summed E-state index contributed by atoms with van der Waals surface area (Å²) in [5.41, 5.74) is 1.12. The van der Waals surface area contributed by atoms with E-state index in [2.05, 4.69) is 33.0 Å². The molecule has 110 valence electrons. The first-order chi connectivity index (χ1) is 9.15. The molecule has 1 aromatic heterocycles. The van der Waals surface area contributed by atoms with E-state index in [1.165, 1.54) is 9.88 Å². The zero-order chi connectivity index (χ0) is 14.3. The van der Waals surface area contributed by atoms with E-state index < -0.39 is 0 Å². The van der Waals surface area contributed by atoms with Gasteiger partial charge < -0.3 is 10.1 Å². The van der Waals surface area contributed by atoms with Crippen LogP contribution in [0.15, 0.2) is 0 Å². The van der Waals surface area contributed by atoms with Crippen molar-refractivity contribution in [1.29, 1.82) is 0 Å². The summed E-state index contributed by atoms with van der Waals surface area (Å²) in [7, 11) is 1.74. The molecule has 1 unspecified atom stereocenters. The van der Waals surface area contributed by atoms with Crippen molar-refractivity contribution in [2.45, 2.75) is 72.1 Å². The van der Waals surface area contributed by atoms with E-state index >= 15 is 0 Å². The highest BCUT2D eigenvalue weighted by molar-refractivity contribution is 7.11. The third-order valence-corrected chi connectivity index (χ3v) is 4.89. The molecule has 0 fully saturated rings. The number of ether oxygens (including phenoxy) is 1. The first-order valence-electron chi connectivity index (χ1n) is 7.36. The summed E-state index contributed by atoms with van der Waals surface area (Å²) >= 11 is 1.86. The number of hydrogen-bond donors (Lipinski definition) is 1. The molecule has 3 nitrogen and oxygen atoms in total. The smallest absolute Gasteiger partial charge is 0.0963 e. The molecule has 0 aliphatic carbocycles. The molecule has 0 spiro atoms. The predicted molar refractivity (Wildman–Crippen MR) is 82.7 cm³/mol. The Morgan fingerprint density at radius 1 is 1.21 bits per heavy atom. The topological polar surface area (TPSA) is 34.2 Å². The van der Waals surface area contributed by atoms with Crippen LogP contribution >= 0.6 is 11.3 Å². The minimum absolute atomic E-state index is 0.550. The normalized spacial score (nSPS) is 13.2. The molecule has 0 saturated carbocycles. The number of nitrogens with one attached hydrogen (secondary N) is 1. The Kier molecular flexibility index (Phi) is 7.57. The van der Waals surface area contributed by atoms with Crippen molar-refractivity contribution in [3.05, 3.63) is 15.6 Å². The van der Waals surface area contributed by atoms with Gasteiger partial charge in [-0.05, 0) is 26.2 Å². The van der Waals surface area contributed by atoms with E-state index in [9.17, 15) is 0 Å². The average Bonchev–Trinajstić information content (AvgIpc) is 2.81. The van der Waals surface area contributed by atoms with Gasteiger partial charge in [-0.1, -0.05) is 20.8 Å². The number of rotatable bonds is 9. The lowest BCUT2D eigenvalue weighted by molar-refractivity contribution is 0.181. The van der Waals surface area contributed by atoms with Crippen molar-refractivity contribution < 1.29 is 4.74 Å². The van der Waals surface area contributed by atoms with E-state index in [-0.39, 0.29) is 0 Å². The summed E-state index contributed by atoms with van der Waals surface area (Å²) in [6.45, 7) is 10.4. The molecule has 1 N–H and O–H groups in total. The van der Waals surface area contributed by atoms with Crippen LogP contribution < -0.4 is 5.32 Å². The van der Waals surface area contributed by atoms with Gasteiger partial charge in [0.05, 0.1) is 17.3 Å². The molecule has 1 atom stereocenters. The van der Waals surface area contributed by atoms with Crippen molar-refractivity contribution in [2.24, 2.45) is 0 Å². The second-order valence-corrected chi connectivity index (χ2v) is 6.17. The highest BCUT2D eigenvalue weighted by Crippen LogP contribution is 2.30. The van der Waals surface area contributed by atoms with Gasteiger partial charge in [0.2, 0.25) is 0 Å². The molecule has 1 rings (SSSR count). The van der Waals surface area contributed by atoms with Gasteiger partial charge in [0.1, 0.15) is 0 Å². The Labute approximate surface area is 121 Å². The van der Waals surface area contributed by atoms with Crippen LogP contribution in [0.4, 0.5) is 0 Å². The largest absolute Gasteiger partial charge is 0.378 e. The quantitative estimate of drug-likeness (QED) is 0.742. The van der Waals surface area contributed by atoms with Gasteiger partial charge in [-0.3, -0.25) is 0 Å². The molecule has 0 saturated heterocycles. The number of nitrogens with zero attached hydrogens (tertiary/aromatic N) is 1. The molecule has 1 heterocycles. The van der Waals surface area contributed by atoms with Gasteiger partial charge in [-0.15, -0.1) is 11.3 Å². The second-order valence-electron chi connectivity index (χ2n) is 5.06. The maximum atomic E-state index is 5.28. The van der Waals surface area contributed by atoms with Crippen LogP contribution in [0.3, 0.4) is 0 Å². The number of methoxy groups -OCH3 is 1. The first-order valence-corrected chi connectivity index (χ1v) is 8.18. The zero-order valence-corrected chi connectivity index (χ0v) is 13.8. The van der Waals surface area contributed by atoms with Crippen LogP contribution in [0.5, 0.6) is 0 Å². The molecule has 0 amide bonds. The standard InChI is InChI=1S/C15H28N2OS/c1-6-11(4)16-9-14-13(10-18-5)17-15(19-14)12(7-2)8-3/h11-12,16H,6-10H2,1-5H3. The monoisotopic (exact) mass is 284 g/mol. The fourth-order valence-corrected chi connectivity index (χ4v) is 3.30. The number of hydrogen-bond acceptors (Lipinski definition) is 4. The summed E-state index contributed by atoms with van der Waals surface area (Å²) in [5, 5.41) is 4.83. The van der Waals surface area contributed by atoms with E-state index in [0.29, 0.717) is 18.6 Å². The molecule has 0 radical (unpaired) electrons. The highest BCUT2D eigenvalue weighted by atomic mass is 32.1. The molecule has 19 heavy (non-hydrogen) atoms. The van der Waals surface area contributed by atoms with Crippen LogP contribution in [0.25, 0.3) is 0 Å². The molecule has 1 aromatic rings. The summed E-state index contributed by atoms with van der Waals surface area (Å²) < 4.78 is 5.28. The van der Waals surface area contributed by atoms with Crippen molar-refractivity contribution in [2.75, 3.05) is 7.11 Å². The van der Waals surface area contributed by atoms with Crippen molar-refractivity contribution in [1.82, 2.24) is 10.3 Å². The zero-order valence-electron chi connectivity index (χ0n) is 13.0. The Morgan fingerprint density at radius 2 is 1.89 bits per heavy atom. The highest BCUT2D eigenvalue weighted by Gasteiger charge is 2.16. The van der Waals surface area contributed by atoms with Crippen molar-refractivity contribution in [3.63, 3.8) is 0 Å². The number of thiazole rings is 1. The lowest BCUT2D eigenvalue weighted by Crippen LogP contribution is -2.24. The maximum absolute atomic E-state index is 5.28. The van der Waals surface area contributed by atoms with Crippen LogP contribution in [0.1, 0.15) is 68.5 Å². The Hall–Kier alpha value is -0.450. The van der Waals surface area contributed by atoms with Gasteiger partial charge in [-0.2, -0.15) is 0 Å². The van der Waals surface area contributed by atoms with Crippen LogP contribution in [-0.2, 0) is 17.9 Å². The lowest BCUT2D eigenvalue weighted by Gasteiger charge is -2.10. The minimum Gasteiger partial charge on any atom is -0.378 e. The molecule has 0 bridgehead atoms. The molecular formula is C15H28N2OS. The summed E-state index contributed by atoms with van der Waals surface area (Å²) in [5.74, 6) is 0.595.